The number of carbonyl (C=O) groups excluding carboxylic acids is 1. The van der Waals surface area contributed by atoms with Crippen molar-refractivity contribution in [3.8, 4) is 0 Å². The number of amides is 1. The smallest absolute Gasteiger partial charge is 0.322 e. The molecule has 2 rings (SSSR count). The van der Waals surface area contributed by atoms with Gasteiger partial charge >= 0.3 is 5.97 Å². The third kappa shape index (κ3) is 2.22. The van der Waals surface area contributed by atoms with Crippen molar-refractivity contribution in [2.45, 2.75) is 0 Å². The Morgan fingerprint density at radius 2 is 2.24 bits per heavy atom. The van der Waals surface area contributed by atoms with Gasteiger partial charge < -0.3 is 15.4 Å². The van der Waals surface area contributed by atoms with Crippen molar-refractivity contribution < 1.29 is 19.1 Å². The molecule has 0 atom stereocenters. The summed E-state index contributed by atoms with van der Waals surface area (Å²) in [6, 6.07) is 2.22. The first-order chi connectivity index (χ1) is 8.08. The first-order valence-electron chi connectivity index (χ1n) is 4.70. The van der Waals surface area contributed by atoms with Crippen molar-refractivity contribution in [1.29, 1.82) is 0 Å². The Kier molecular flexibility index (Phi) is 2.73. The third-order valence-electron chi connectivity index (χ3n) is 2.13. The molecule has 0 spiro atoms. The second-order valence-corrected chi connectivity index (χ2v) is 3.33. The van der Waals surface area contributed by atoms with Gasteiger partial charge in [0.25, 0.3) is 5.91 Å². The van der Waals surface area contributed by atoms with Gasteiger partial charge in [-0.05, 0) is 12.1 Å². The molecule has 0 saturated carbocycles. The van der Waals surface area contributed by atoms with Crippen molar-refractivity contribution in [3.05, 3.63) is 29.8 Å². The van der Waals surface area contributed by atoms with E-state index in [1.54, 1.807) is 0 Å². The van der Waals surface area contributed by atoms with Crippen molar-refractivity contribution >= 4 is 22.9 Å². The van der Waals surface area contributed by atoms with E-state index < -0.39 is 24.2 Å². The molecule has 1 aromatic heterocycles. The SMILES string of the molecule is O=C(O)CNC(=O)c1cc(F)cc2[nH]cnc12. The lowest BCUT2D eigenvalue weighted by Gasteiger charge is -2.03. The van der Waals surface area contributed by atoms with Crippen molar-refractivity contribution in [2.24, 2.45) is 0 Å². The van der Waals surface area contributed by atoms with E-state index in [2.05, 4.69) is 15.3 Å². The van der Waals surface area contributed by atoms with Crippen LogP contribution in [0.3, 0.4) is 0 Å². The number of nitrogens with zero attached hydrogens (tertiary/aromatic N) is 1. The molecular weight excluding hydrogens is 229 g/mol. The van der Waals surface area contributed by atoms with E-state index in [0.29, 0.717) is 11.0 Å². The van der Waals surface area contributed by atoms with Crippen LogP contribution < -0.4 is 5.32 Å². The average Bonchev–Trinajstić information content (AvgIpc) is 2.72. The number of carbonyl (C=O) groups is 2. The molecule has 1 amide bonds. The number of aliphatic carboxylic acids is 1. The third-order valence-corrected chi connectivity index (χ3v) is 2.13. The summed E-state index contributed by atoms with van der Waals surface area (Å²) in [5, 5.41) is 10.6. The highest BCUT2D eigenvalue weighted by atomic mass is 19.1. The lowest BCUT2D eigenvalue weighted by molar-refractivity contribution is -0.135. The van der Waals surface area contributed by atoms with Crippen molar-refractivity contribution in [3.63, 3.8) is 0 Å². The summed E-state index contributed by atoms with van der Waals surface area (Å²) in [5.74, 6) is -2.45. The number of rotatable bonds is 3. The summed E-state index contributed by atoms with van der Waals surface area (Å²) in [6.45, 7) is -0.527. The van der Waals surface area contributed by atoms with Gasteiger partial charge in [-0.2, -0.15) is 0 Å². The van der Waals surface area contributed by atoms with Crippen LogP contribution in [-0.2, 0) is 4.79 Å². The highest BCUT2D eigenvalue weighted by Gasteiger charge is 2.14. The maximum Gasteiger partial charge on any atom is 0.322 e. The van der Waals surface area contributed by atoms with E-state index >= 15 is 0 Å². The summed E-state index contributed by atoms with van der Waals surface area (Å²) in [6.07, 6.45) is 1.33. The van der Waals surface area contributed by atoms with Crippen molar-refractivity contribution in [1.82, 2.24) is 15.3 Å². The maximum atomic E-state index is 13.2. The van der Waals surface area contributed by atoms with E-state index in [9.17, 15) is 14.0 Å². The first-order valence-corrected chi connectivity index (χ1v) is 4.70. The maximum absolute atomic E-state index is 13.2. The molecule has 0 radical (unpaired) electrons. The molecule has 1 heterocycles. The van der Waals surface area contributed by atoms with E-state index in [4.69, 9.17) is 5.11 Å². The molecule has 0 saturated heterocycles. The summed E-state index contributed by atoms with van der Waals surface area (Å²) in [4.78, 5) is 28.5. The van der Waals surface area contributed by atoms with E-state index in [-0.39, 0.29) is 5.56 Å². The van der Waals surface area contributed by atoms with Crippen LogP contribution in [0.1, 0.15) is 10.4 Å². The number of fused-ring (bicyclic) bond motifs is 1. The van der Waals surface area contributed by atoms with E-state index in [0.717, 1.165) is 6.07 Å². The number of imidazole rings is 1. The number of nitrogens with one attached hydrogen (secondary N) is 2. The van der Waals surface area contributed by atoms with Gasteiger partial charge in [0.05, 0.1) is 17.4 Å². The molecule has 0 unspecified atom stereocenters. The monoisotopic (exact) mass is 237 g/mol. The van der Waals surface area contributed by atoms with Crippen LogP contribution in [0.4, 0.5) is 4.39 Å². The van der Waals surface area contributed by atoms with Gasteiger partial charge in [0, 0.05) is 0 Å². The molecule has 88 valence electrons. The molecule has 7 heteroatoms. The van der Waals surface area contributed by atoms with Gasteiger partial charge in [0.2, 0.25) is 0 Å². The highest BCUT2D eigenvalue weighted by Crippen LogP contribution is 2.16. The Bertz CT molecular complexity index is 593. The van der Waals surface area contributed by atoms with Gasteiger partial charge in [-0.1, -0.05) is 0 Å². The first kappa shape index (κ1) is 11.1. The normalized spacial score (nSPS) is 10.4. The van der Waals surface area contributed by atoms with Crippen molar-refractivity contribution in [2.75, 3.05) is 6.54 Å². The van der Waals surface area contributed by atoms with E-state index in [1.165, 1.54) is 12.4 Å². The van der Waals surface area contributed by atoms with Gasteiger partial charge in [0.1, 0.15) is 17.9 Å². The summed E-state index contributed by atoms with van der Waals surface area (Å²) >= 11 is 0. The lowest BCUT2D eigenvalue weighted by atomic mass is 10.1. The number of H-pyrrole nitrogens is 1. The molecule has 0 bridgehead atoms. The fourth-order valence-corrected chi connectivity index (χ4v) is 1.44. The topological polar surface area (TPSA) is 95.1 Å². The average molecular weight is 237 g/mol. The Morgan fingerprint density at radius 3 is 2.94 bits per heavy atom. The van der Waals surface area contributed by atoms with E-state index in [1.807, 2.05) is 0 Å². The minimum atomic E-state index is -1.17. The number of carboxylic acid groups (broad SMARTS) is 1. The van der Waals surface area contributed by atoms with Crippen LogP contribution in [0.2, 0.25) is 0 Å². The number of aromatic nitrogens is 2. The molecule has 6 nitrogen and oxygen atoms in total. The van der Waals surface area contributed by atoms with Crippen LogP contribution in [0.25, 0.3) is 11.0 Å². The Morgan fingerprint density at radius 1 is 1.47 bits per heavy atom. The number of halogens is 1. The van der Waals surface area contributed by atoms with Crippen LogP contribution in [0.5, 0.6) is 0 Å². The molecular formula is C10H8FN3O3. The van der Waals surface area contributed by atoms with Crippen LogP contribution in [-0.4, -0.2) is 33.5 Å². The number of hydrogen-bond donors (Lipinski definition) is 3. The fraction of sp³-hybridized carbons (Fsp3) is 0.100. The number of carboxylic acids is 1. The second kappa shape index (κ2) is 4.20. The minimum Gasteiger partial charge on any atom is -0.480 e. The quantitative estimate of drug-likeness (QED) is 0.725. The Balaban J connectivity index is 2.36. The molecule has 0 fully saturated rings. The minimum absolute atomic E-state index is 0.00231. The molecule has 0 aliphatic rings. The summed E-state index contributed by atoms with van der Waals surface area (Å²) < 4.78 is 13.2. The highest BCUT2D eigenvalue weighted by molar-refractivity contribution is 6.05. The van der Waals surface area contributed by atoms with Gasteiger partial charge in [-0.15, -0.1) is 0 Å². The molecule has 0 aliphatic heterocycles. The van der Waals surface area contributed by atoms with Gasteiger partial charge in [0.15, 0.2) is 0 Å². The molecule has 0 aliphatic carbocycles. The molecule has 3 N–H and O–H groups in total. The van der Waals surface area contributed by atoms with Crippen LogP contribution >= 0.6 is 0 Å². The second-order valence-electron chi connectivity index (χ2n) is 3.33. The number of hydrogen-bond acceptors (Lipinski definition) is 3. The Labute approximate surface area is 94.5 Å². The van der Waals surface area contributed by atoms with Gasteiger partial charge in [-0.3, -0.25) is 9.59 Å². The molecule has 17 heavy (non-hydrogen) atoms. The fourth-order valence-electron chi connectivity index (χ4n) is 1.44. The van der Waals surface area contributed by atoms with Crippen LogP contribution in [0.15, 0.2) is 18.5 Å². The van der Waals surface area contributed by atoms with Crippen LogP contribution in [0, 0.1) is 5.82 Å². The predicted molar refractivity (Wildman–Crippen MR) is 56.0 cm³/mol. The largest absolute Gasteiger partial charge is 0.480 e. The molecule has 1 aromatic carbocycles. The number of aromatic amines is 1. The van der Waals surface area contributed by atoms with Gasteiger partial charge in [-0.25, -0.2) is 9.37 Å². The Hall–Kier alpha value is -2.44. The zero-order chi connectivity index (χ0) is 12.4. The number of benzene rings is 1. The zero-order valence-corrected chi connectivity index (χ0v) is 8.53. The molecule has 2 aromatic rings. The predicted octanol–water partition coefficient (Wildman–Crippen LogP) is 0.516. The zero-order valence-electron chi connectivity index (χ0n) is 8.53. The standard InChI is InChI=1S/C10H8FN3O3/c11-5-1-6(10(17)12-3-8(15)16)9-7(2-5)13-4-14-9/h1-2,4H,3H2,(H,12,17)(H,13,14)(H,15,16). The summed E-state index contributed by atoms with van der Waals surface area (Å²) in [7, 11) is 0. The lowest BCUT2D eigenvalue weighted by Crippen LogP contribution is -2.29. The summed E-state index contributed by atoms with van der Waals surface area (Å²) in [5.41, 5.74) is 0.683.